The van der Waals surface area contributed by atoms with Crippen molar-refractivity contribution in [3.63, 3.8) is 0 Å². The van der Waals surface area contributed by atoms with Crippen LogP contribution in [0.3, 0.4) is 0 Å². The Balaban J connectivity index is 0.00000220. The lowest BCUT2D eigenvalue weighted by molar-refractivity contribution is 0.0650. The molecule has 1 aromatic rings. The summed E-state index contributed by atoms with van der Waals surface area (Å²) < 4.78 is 24.2. The van der Waals surface area contributed by atoms with Crippen LogP contribution in [0.4, 0.5) is 4.39 Å². The molecule has 0 aromatic heterocycles. The Labute approximate surface area is 129 Å². The lowest BCUT2D eigenvalue weighted by atomic mass is 10.1. The third-order valence-corrected chi connectivity index (χ3v) is 3.47. The van der Waals surface area contributed by atoms with Gasteiger partial charge in [0, 0.05) is 31.7 Å². The van der Waals surface area contributed by atoms with Gasteiger partial charge in [-0.05, 0) is 13.0 Å². The van der Waals surface area contributed by atoms with Gasteiger partial charge in [0.15, 0.2) is 11.5 Å². The minimum atomic E-state index is -0.599. The topological polar surface area (TPSA) is 50.8 Å². The van der Waals surface area contributed by atoms with Crippen LogP contribution in [-0.2, 0) is 0 Å². The molecule has 1 aromatic carbocycles. The van der Waals surface area contributed by atoms with E-state index < -0.39 is 5.82 Å². The Kier molecular flexibility index (Phi) is 6.23. The molecule has 0 spiro atoms. The first-order chi connectivity index (χ1) is 9.58. The highest BCUT2D eigenvalue weighted by molar-refractivity contribution is 5.95. The van der Waals surface area contributed by atoms with Gasteiger partial charge in [-0.3, -0.25) is 4.79 Å². The molecule has 7 heteroatoms. The fourth-order valence-corrected chi connectivity index (χ4v) is 2.32. The maximum atomic E-state index is 14.1. The molecule has 2 rings (SSSR count). The molecule has 5 nitrogen and oxygen atoms in total. The molecule has 21 heavy (non-hydrogen) atoms. The summed E-state index contributed by atoms with van der Waals surface area (Å²) in [4.78, 5) is 14.1. The second-order valence-electron chi connectivity index (χ2n) is 4.74. The van der Waals surface area contributed by atoms with Crippen LogP contribution in [0.1, 0.15) is 17.3 Å². The van der Waals surface area contributed by atoms with Crippen LogP contribution >= 0.6 is 12.4 Å². The molecule has 0 saturated carbocycles. The van der Waals surface area contributed by atoms with Crippen molar-refractivity contribution in [1.29, 1.82) is 0 Å². The van der Waals surface area contributed by atoms with Gasteiger partial charge in [-0.1, -0.05) is 0 Å². The Morgan fingerprint density at radius 2 is 1.95 bits per heavy atom. The zero-order valence-corrected chi connectivity index (χ0v) is 13.1. The number of amides is 1. The van der Waals surface area contributed by atoms with Crippen LogP contribution in [0, 0.1) is 5.82 Å². The quantitative estimate of drug-likeness (QED) is 0.921. The average molecular weight is 319 g/mol. The van der Waals surface area contributed by atoms with Gasteiger partial charge < -0.3 is 19.7 Å². The molecule has 0 bridgehead atoms. The highest BCUT2D eigenvalue weighted by Gasteiger charge is 2.27. The fourth-order valence-electron chi connectivity index (χ4n) is 2.32. The van der Waals surface area contributed by atoms with E-state index in [-0.39, 0.29) is 35.7 Å². The van der Waals surface area contributed by atoms with E-state index in [4.69, 9.17) is 9.47 Å². The Morgan fingerprint density at radius 3 is 2.52 bits per heavy atom. The number of hydrogen-bond acceptors (Lipinski definition) is 4. The smallest absolute Gasteiger partial charge is 0.257 e. The van der Waals surface area contributed by atoms with Crippen LogP contribution in [0.25, 0.3) is 0 Å². The van der Waals surface area contributed by atoms with Crippen LogP contribution in [0.5, 0.6) is 11.5 Å². The molecule has 1 amide bonds. The molecule has 0 aliphatic carbocycles. The number of nitrogens with one attached hydrogen (secondary N) is 1. The summed E-state index contributed by atoms with van der Waals surface area (Å²) in [6, 6.07) is 2.60. The molecule has 1 aliphatic rings. The van der Waals surface area contributed by atoms with Crippen molar-refractivity contribution in [2.75, 3.05) is 33.9 Å². The van der Waals surface area contributed by atoms with E-state index in [1.165, 1.54) is 26.4 Å². The first-order valence-electron chi connectivity index (χ1n) is 6.51. The normalized spacial score (nSPS) is 17.9. The number of hydrogen-bond donors (Lipinski definition) is 1. The fraction of sp³-hybridized carbons (Fsp3) is 0.500. The van der Waals surface area contributed by atoms with Gasteiger partial charge >= 0.3 is 0 Å². The monoisotopic (exact) mass is 318 g/mol. The SMILES string of the molecule is COc1cc(F)c(C(=O)N2CCNC[C@H]2C)cc1OC.Cl. The second kappa shape index (κ2) is 7.47. The summed E-state index contributed by atoms with van der Waals surface area (Å²) in [6.45, 7) is 3.92. The van der Waals surface area contributed by atoms with E-state index in [0.717, 1.165) is 0 Å². The highest BCUT2D eigenvalue weighted by atomic mass is 35.5. The van der Waals surface area contributed by atoms with E-state index in [0.29, 0.717) is 25.4 Å². The lowest BCUT2D eigenvalue weighted by Gasteiger charge is -2.34. The standard InChI is InChI=1S/C14H19FN2O3.ClH/c1-9-8-16-4-5-17(9)14(18)10-6-12(19-2)13(20-3)7-11(10)15;/h6-7,9,16H,4-5,8H2,1-3H3;1H/t9-;/m1./s1. The Hall–Kier alpha value is -1.53. The molecule has 118 valence electrons. The number of piperazine rings is 1. The summed E-state index contributed by atoms with van der Waals surface area (Å²) in [5.41, 5.74) is 0.0106. The zero-order chi connectivity index (χ0) is 14.7. The number of carbonyl (C=O) groups excluding carboxylic acids is 1. The summed E-state index contributed by atoms with van der Waals surface area (Å²) in [5.74, 6) is -0.300. The number of ether oxygens (including phenoxy) is 2. The summed E-state index contributed by atoms with van der Waals surface area (Å²) >= 11 is 0. The van der Waals surface area contributed by atoms with E-state index in [2.05, 4.69) is 5.32 Å². The zero-order valence-electron chi connectivity index (χ0n) is 12.3. The Morgan fingerprint density at radius 1 is 1.33 bits per heavy atom. The minimum absolute atomic E-state index is 0. The number of nitrogens with zero attached hydrogens (tertiary/aromatic N) is 1. The van der Waals surface area contributed by atoms with Gasteiger partial charge in [0.25, 0.3) is 5.91 Å². The van der Waals surface area contributed by atoms with Crippen molar-refractivity contribution >= 4 is 18.3 Å². The third-order valence-electron chi connectivity index (χ3n) is 3.47. The molecular weight excluding hydrogens is 299 g/mol. The molecule has 1 atom stereocenters. The molecule has 0 unspecified atom stereocenters. The largest absolute Gasteiger partial charge is 0.493 e. The van der Waals surface area contributed by atoms with Crippen molar-refractivity contribution in [2.45, 2.75) is 13.0 Å². The predicted molar refractivity (Wildman–Crippen MR) is 80.1 cm³/mol. The average Bonchev–Trinajstić information content (AvgIpc) is 2.46. The molecule has 1 heterocycles. The summed E-state index contributed by atoms with van der Waals surface area (Å²) in [5, 5.41) is 3.19. The van der Waals surface area contributed by atoms with E-state index in [1.807, 2.05) is 6.92 Å². The van der Waals surface area contributed by atoms with Gasteiger partial charge in [-0.15, -0.1) is 12.4 Å². The van der Waals surface area contributed by atoms with Crippen LogP contribution in [-0.4, -0.2) is 50.7 Å². The number of halogens is 2. The van der Waals surface area contributed by atoms with Crippen LogP contribution in [0.2, 0.25) is 0 Å². The van der Waals surface area contributed by atoms with E-state index in [9.17, 15) is 9.18 Å². The first kappa shape index (κ1) is 17.5. The summed E-state index contributed by atoms with van der Waals surface area (Å²) in [7, 11) is 2.88. The van der Waals surface area contributed by atoms with Gasteiger partial charge in [0.1, 0.15) is 5.82 Å². The van der Waals surface area contributed by atoms with Crippen molar-refractivity contribution in [3.8, 4) is 11.5 Å². The van der Waals surface area contributed by atoms with Crippen molar-refractivity contribution in [3.05, 3.63) is 23.5 Å². The Bertz CT molecular complexity index is 513. The number of carbonyl (C=O) groups is 1. The van der Waals surface area contributed by atoms with Gasteiger partial charge in [0.05, 0.1) is 19.8 Å². The number of methoxy groups -OCH3 is 2. The van der Waals surface area contributed by atoms with Crippen molar-refractivity contribution in [2.24, 2.45) is 0 Å². The number of rotatable bonds is 3. The van der Waals surface area contributed by atoms with Crippen LogP contribution < -0.4 is 14.8 Å². The molecule has 0 radical (unpaired) electrons. The van der Waals surface area contributed by atoms with E-state index >= 15 is 0 Å². The molecular formula is C14H20ClFN2O3. The molecule has 1 aliphatic heterocycles. The molecule has 1 N–H and O–H groups in total. The first-order valence-corrected chi connectivity index (χ1v) is 6.51. The number of benzene rings is 1. The maximum Gasteiger partial charge on any atom is 0.257 e. The third kappa shape index (κ3) is 3.57. The van der Waals surface area contributed by atoms with Gasteiger partial charge in [-0.2, -0.15) is 0 Å². The summed E-state index contributed by atoms with van der Waals surface area (Å²) in [6.07, 6.45) is 0. The lowest BCUT2D eigenvalue weighted by Crippen LogP contribution is -2.52. The van der Waals surface area contributed by atoms with Gasteiger partial charge in [-0.25, -0.2) is 4.39 Å². The minimum Gasteiger partial charge on any atom is -0.493 e. The van der Waals surface area contributed by atoms with Crippen LogP contribution in [0.15, 0.2) is 12.1 Å². The van der Waals surface area contributed by atoms with Gasteiger partial charge in [0.2, 0.25) is 0 Å². The predicted octanol–water partition coefficient (Wildman–Crippen LogP) is 1.70. The van der Waals surface area contributed by atoms with E-state index in [1.54, 1.807) is 4.90 Å². The maximum absolute atomic E-state index is 14.1. The highest BCUT2D eigenvalue weighted by Crippen LogP contribution is 2.30. The molecule has 1 saturated heterocycles. The van der Waals surface area contributed by atoms with Crippen molar-refractivity contribution in [1.82, 2.24) is 10.2 Å². The molecule has 1 fully saturated rings. The second-order valence-corrected chi connectivity index (χ2v) is 4.74. The van der Waals surface area contributed by atoms with Crippen molar-refractivity contribution < 1.29 is 18.7 Å².